The normalized spacial score (nSPS) is 10.2. The molecule has 0 aliphatic carbocycles. The van der Waals surface area contributed by atoms with E-state index in [0.717, 1.165) is 11.6 Å². The number of aromatic hydroxyl groups is 1. The average Bonchev–Trinajstić information content (AvgIpc) is 2.37. The van der Waals surface area contributed by atoms with E-state index < -0.39 is 0 Å². The lowest BCUT2D eigenvalue weighted by molar-refractivity contribution is 0.354. The van der Waals surface area contributed by atoms with Gasteiger partial charge < -0.3 is 19.6 Å². The van der Waals surface area contributed by atoms with Crippen molar-refractivity contribution in [3.05, 3.63) is 46.0 Å². The van der Waals surface area contributed by atoms with Crippen LogP contribution in [0.25, 0.3) is 0 Å². The highest BCUT2D eigenvalue weighted by Gasteiger charge is 2.07. The van der Waals surface area contributed by atoms with Crippen LogP contribution in [0.4, 0.5) is 0 Å². The summed E-state index contributed by atoms with van der Waals surface area (Å²) in [5, 5.41) is 9.28. The Hall–Kier alpha value is -2.50. The summed E-state index contributed by atoms with van der Waals surface area (Å²) in [5.74, 6) is 1.32. The molecule has 0 amide bonds. The van der Waals surface area contributed by atoms with E-state index in [1.165, 1.54) is 0 Å². The van der Waals surface area contributed by atoms with Gasteiger partial charge >= 0.3 is 0 Å². The molecule has 1 aromatic carbocycles. The van der Waals surface area contributed by atoms with E-state index in [2.05, 4.69) is 9.97 Å². The molecule has 0 unspecified atom stereocenters. The van der Waals surface area contributed by atoms with E-state index in [4.69, 9.17) is 9.47 Å². The van der Waals surface area contributed by atoms with E-state index in [0.29, 0.717) is 23.7 Å². The molecule has 0 fully saturated rings. The van der Waals surface area contributed by atoms with E-state index in [1.54, 1.807) is 26.4 Å². The van der Waals surface area contributed by atoms with Crippen molar-refractivity contribution in [3.8, 4) is 17.4 Å². The van der Waals surface area contributed by atoms with Crippen molar-refractivity contribution in [2.75, 3.05) is 14.2 Å². The van der Waals surface area contributed by atoms with Crippen molar-refractivity contribution < 1.29 is 14.6 Å². The van der Waals surface area contributed by atoms with E-state index in [1.807, 2.05) is 6.07 Å². The lowest BCUT2D eigenvalue weighted by Crippen LogP contribution is -2.09. The quantitative estimate of drug-likeness (QED) is 0.861. The predicted octanol–water partition coefficient (Wildman–Crippen LogP) is 1.08. The van der Waals surface area contributed by atoms with Crippen LogP contribution in [0.3, 0.4) is 0 Å². The van der Waals surface area contributed by atoms with Crippen LogP contribution in [0.5, 0.6) is 17.4 Å². The largest absolute Gasteiger partial charge is 0.493 e. The van der Waals surface area contributed by atoms with Crippen molar-refractivity contribution in [1.82, 2.24) is 9.97 Å². The number of ether oxygens (including phenoxy) is 2. The summed E-state index contributed by atoms with van der Waals surface area (Å²) < 4.78 is 10.3. The molecule has 0 aliphatic heterocycles. The highest BCUT2D eigenvalue weighted by atomic mass is 16.5. The van der Waals surface area contributed by atoms with Crippen molar-refractivity contribution in [2.45, 2.75) is 6.42 Å². The van der Waals surface area contributed by atoms with Gasteiger partial charge in [0, 0.05) is 6.42 Å². The number of nitrogens with zero attached hydrogens (tertiary/aromatic N) is 1. The highest BCUT2D eigenvalue weighted by molar-refractivity contribution is 5.43. The number of nitrogens with one attached hydrogen (secondary N) is 1. The number of H-pyrrole nitrogens is 1. The van der Waals surface area contributed by atoms with Crippen LogP contribution < -0.4 is 15.0 Å². The van der Waals surface area contributed by atoms with E-state index in [9.17, 15) is 9.90 Å². The van der Waals surface area contributed by atoms with Gasteiger partial charge in [0.15, 0.2) is 11.5 Å². The van der Waals surface area contributed by atoms with Gasteiger partial charge in [0.2, 0.25) is 5.88 Å². The number of hydrogen-bond donors (Lipinski definition) is 2. The smallest absolute Gasteiger partial charge is 0.254 e. The third-order valence-corrected chi connectivity index (χ3v) is 2.60. The third-order valence-electron chi connectivity index (χ3n) is 2.60. The molecule has 0 aliphatic rings. The molecule has 2 N–H and O–H groups in total. The minimum atomic E-state index is -0.386. The fourth-order valence-corrected chi connectivity index (χ4v) is 1.76. The molecule has 2 rings (SSSR count). The average molecular weight is 262 g/mol. The topological polar surface area (TPSA) is 84.4 Å². The van der Waals surface area contributed by atoms with Crippen LogP contribution in [0.15, 0.2) is 29.1 Å². The molecule has 19 heavy (non-hydrogen) atoms. The van der Waals surface area contributed by atoms with Gasteiger partial charge in [-0.2, -0.15) is 4.98 Å². The van der Waals surface area contributed by atoms with E-state index >= 15 is 0 Å². The van der Waals surface area contributed by atoms with Crippen LogP contribution >= 0.6 is 0 Å². The number of aromatic nitrogens is 2. The molecule has 0 atom stereocenters. The summed E-state index contributed by atoms with van der Waals surface area (Å²) in [7, 11) is 3.11. The number of benzene rings is 1. The van der Waals surface area contributed by atoms with Gasteiger partial charge in [0.25, 0.3) is 5.56 Å². The molecule has 0 saturated heterocycles. The first-order valence-electron chi connectivity index (χ1n) is 5.62. The first kappa shape index (κ1) is 12.9. The molecule has 0 spiro atoms. The Labute approximate surface area is 109 Å². The molecule has 0 radical (unpaired) electrons. The second-order valence-electron chi connectivity index (χ2n) is 3.92. The molecule has 100 valence electrons. The zero-order chi connectivity index (χ0) is 13.8. The second kappa shape index (κ2) is 5.43. The first-order chi connectivity index (χ1) is 9.12. The van der Waals surface area contributed by atoms with Gasteiger partial charge in [-0.3, -0.25) is 4.79 Å². The molecule has 0 bridgehead atoms. The maximum Gasteiger partial charge on any atom is 0.254 e. The summed E-state index contributed by atoms with van der Waals surface area (Å²) in [4.78, 5) is 17.6. The molecular weight excluding hydrogens is 248 g/mol. The zero-order valence-corrected chi connectivity index (χ0v) is 10.6. The predicted molar refractivity (Wildman–Crippen MR) is 68.9 cm³/mol. The van der Waals surface area contributed by atoms with Crippen LogP contribution in [-0.2, 0) is 6.42 Å². The number of hydrogen-bond acceptors (Lipinski definition) is 5. The summed E-state index contributed by atoms with van der Waals surface area (Å²) in [6, 6.07) is 6.43. The Balaban J connectivity index is 2.30. The van der Waals surface area contributed by atoms with Crippen LogP contribution in [0.1, 0.15) is 11.4 Å². The summed E-state index contributed by atoms with van der Waals surface area (Å²) >= 11 is 0. The van der Waals surface area contributed by atoms with Crippen LogP contribution in [0, 0.1) is 0 Å². The van der Waals surface area contributed by atoms with Gasteiger partial charge in [-0.05, 0) is 17.7 Å². The van der Waals surface area contributed by atoms with Gasteiger partial charge in [-0.15, -0.1) is 0 Å². The summed E-state index contributed by atoms with van der Waals surface area (Å²) in [6.07, 6.45) is 0.379. The minimum Gasteiger partial charge on any atom is -0.493 e. The standard InChI is InChI=1S/C13H14N2O4/c1-18-9-4-3-8(5-10(9)19-2)6-11-14-12(16)7-13(17)15-11/h3-5,7H,6H2,1-2H3,(H2,14,15,16,17). The third kappa shape index (κ3) is 3.04. The molecule has 1 aromatic heterocycles. The number of aromatic amines is 1. The SMILES string of the molecule is COc1ccc(Cc2nc(O)cc(=O)[nH]2)cc1OC. The van der Waals surface area contributed by atoms with Gasteiger partial charge in [-0.1, -0.05) is 6.07 Å². The fourth-order valence-electron chi connectivity index (χ4n) is 1.76. The lowest BCUT2D eigenvalue weighted by atomic mass is 10.1. The molecule has 1 heterocycles. The Bertz CT molecular complexity index is 637. The Morgan fingerprint density at radius 1 is 1.21 bits per heavy atom. The van der Waals surface area contributed by atoms with Crippen molar-refractivity contribution >= 4 is 0 Å². The maximum absolute atomic E-state index is 11.2. The van der Waals surface area contributed by atoms with Gasteiger partial charge in [0.1, 0.15) is 5.82 Å². The summed E-state index contributed by atoms with van der Waals surface area (Å²) in [6.45, 7) is 0. The van der Waals surface area contributed by atoms with Crippen LogP contribution in [-0.4, -0.2) is 29.3 Å². The van der Waals surface area contributed by atoms with Gasteiger partial charge in [-0.25, -0.2) is 0 Å². The molecule has 6 heteroatoms. The summed E-state index contributed by atoms with van der Waals surface area (Å²) in [5.41, 5.74) is 0.495. The monoisotopic (exact) mass is 262 g/mol. The molecule has 2 aromatic rings. The zero-order valence-electron chi connectivity index (χ0n) is 10.6. The van der Waals surface area contributed by atoms with Crippen LogP contribution in [0.2, 0.25) is 0 Å². The Kier molecular flexibility index (Phi) is 3.70. The van der Waals surface area contributed by atoms with E-state index in [-0.39, 0.29) is 11.4 Å². The Morgan fingerprint density at radius 2 is 1.95 bits per heavy atom. The van der Waals surface area contributed by atoms with Crippen molar-refractivity contribution in [1.29, 1.82) is 0 Å². The second-order valence-corrected chi connectivity index (χ2v) is 3.92. The Morgan fingerprint density at radius 3 is 2.58 bits per heavy atom. The maximum atomic E-state index is 11.2. The lowest BCUT2D eigenvalue weighted by Gasteiger charge is -2.09. The first-order valence-corrected chi connectivity index (χ1v) is 5.62. The van der Waals surface area contributed by atoms with Gasteiger partial charge in [0.05, 0.1) is 20.3 Å². The minimum absolute atomic E-state index is 0.292. The number of methoxy groups -OCH3 is 2. The molecule has 6 nitrogen and oxygen atoms in total. The number of rotatable bonds is 4. The van der Waals surface area contributed by atoms with Crippen molar-refractivity contribution in [2.24, 2.45) is 0 Å². The molecular formula is C13H14N2O4. The molecule has 0 saturated carbocycles. The fraction of sp³-hybridized carbons (Fsp3) is 0.231. The van der Waals surface area contributed by atoms with Crippen molar-refractivity contribution in [3.63, 3.8) is 0 Å². The highest BCUT2D eigenvalue weighted by Crippen LogP contribution is 2.28.